The van der Waals surface area contributed by atoms with Gasteiger partial charge < -0.3 is 20.5 Å². The van der Waals surface area contributed by atoms with Gasteiger partial charge in [-0.25, -0.2) is 13.2 Å². The molecule has 0 aliphatic carbocycles. The van der Waals surface area contributed by atoms with Crippen molar-refractivity contribution in [2.24, 2.45) is 5.73 Å². The first-order valence-corrected chi connectivity index (χ1v) is 11.2. The summed E-state index contributed by atoms with van der Waals surface area (Å²) in [6.45, 7) is 2.61. The van der Waals surface area contributed by atoms with Crippen LogP contribution in [0.3, 0.4) is 0 Å². The number of ether oxygens (including phenoxy) is 2. The van der Waals surface area contributed by atoms with Crippen molar-refractivity contribution in [3.8, 4) is 0 Å². The summed E-state index contributed by atoms with van der Waals surface area (Å²) in [6, 6.07) is 11.2. The Morgan fingerprint density at radius 3 is 2.12 bits per heavy atom. The number of amides is 2. The van der Waals surface area contributed by atoms with Crippen molar-refractivity contribution in [2.45, 2.75) is 17.9 Å². The average molecular weight is 461 g/mol. The van der Waals surface area contributed by atoms with Crippen LogP contribution in [0.25, 0.3) is 0 Å². The molecule has 0 bridgehead atoms. The first-order valence-electron chi connectivity index (χ1n) is 9.78. The smallest absolute Gasteiger partial charge is 0.338 e. The van der Waals surface area contributed by atoms with Gasteiger partial charge in [-0.1, -0.05) is 0 Å². The molecule has 1 aliphatic rings. The van der Waals surface area contributed by atoms with Crippen LogP contribution < -0.4 is 11.1 Å². The summed E-state index contributed by atoms with van der Waals surface area (Å²) >= 11 is 0. The third kappa shape index (κ3) is 5.49. The van der Waals surface area contributed by atoms with Gasteiger partial charge in [-0.2, -0.15) is 4.31 Å². The number of hydrogen-bond donors (Lipinski definition) is 2. The van der Waals surface area contributed by atoms with Gasteiger partial charge in [-0.05, 0) is 55.5 Å². The fourth-order valence-electron chi connectivity index (χ4n) is 2.94. The zero-order valence-electron chi connectivity index (χ0n) is 17.3. The Morgan fingerprint density at radius 2 is 1.56 bits per heavy atom. The number of benzene rings is 2. The summed E-state index contributed by atoms with van der Waals surface area (Å²) in [4.78, 5) is 35.8. The van der Waals surface area contributed by atoms with Gasteiger partial charge in [0.25, 0.3) is 5.91 Å². The van der Waals surface area contributed by atoms with Gasteiger partial charge in [0.2, 0.25) is 15.9 Å². The van der Waals surface area contributed by atoms with Crippen LogP contribution in [0, 0.1) is 0 Å². The van der Waals surface area contributed by atoms with Crippen LogP contribution in [0.2, 0.25) is 0 Å². The van der Waals surface area contributed by atoms with Crippen LogP contribution in [0.4, 0.5) is 5.69 Å². The lowest BCUT2D eigenvalue weighted by Gasteiger charge is -2.26. The molecule has 2 amide bonds. The number of nitrogens with one attached hydrogen (secondary N) is 1. The molecule has 3 rings (SSSR count). The molecular weight excluding hydrogens is 438 g/mol. The minimum Gasteiger partial charge on any atom is -0.449 e. The topological polar surface area (TPSA) is 145 Å². The molecule has 10 nitrogen and oxygen atoms in total. The molecule has 32 heavy (non-hydrogen) atoms. The van der Waals surface area contributed by atoms with Gasteiger partial charge in [0, 0.05) is 24.3 Å². The van der Waals surface area contributed by atoms with Gasteiger partial charge >= 0.3 is 5.97 Å². The predicted octanol–water partition coefficient (Wildman–Crippen LogP) is 0.990. The lowest BCUT2D eigenvalue weighted by atomic mass is 10.2. The van der Waals surface area contributed by atoms with Gasteiger partial charge in [0.1, 0.15) is 0 Å². The second-order valence-electron chi connectivity index (χ2n) is 7.02. The van der Waals surface area contributed by atoms with Crippen molar-refractivity contribution >= 4 is 33.5 Å². The number of morpholine rings is 1. The molecule has 3 N–H and O–H groups in total. The molecule has 1 saturated heterocycles. The molecule has 170 valence electrons. The molecule has 0 aromatic heterocycles. The second kappa shape index (κ2) is 9.90. The number of rotatable bonds is 7. The highest BCUT2D eigenvalue weighted by Crippen LogP contribution is 2.18. The molecular formula is C21H23N3O7S. The highest BCUT2D eigenvalue weighted by atomic mass is 32.2. The molecule has 1 aliphatic heterocycles. The van der Waals surface area contributed by atoms with Gasteiger partial charge in [-0.3, -0.25) is 9.59 Å². The number of carbonyl (C=O) groups is 3. The van der Waals surface area contributed by atoms with E-state index in [1.807, 2.05) is 0 Å². The maximum absolute atomic E-state index is 12.6. The molecule has 0 radical (unpaired) electrons. The highest BCUT2D eigenvalue weighted by molar-refractivity contribution is 7.89. The highest BCUT2D eigenvalue weighted by Gasteiger charge is 2.27. The van der Waals surface area contributed by atoms with Crippen molar-refractivity contribution in [1.82, 2.24) is 4.31 Å². The molecule has 0 spiro atoms. The summed E-state index contributed by atoms with van der Waals surface area (Å²) in [6.07, 6.45) is -1.12. The number of nitrogens with zero attached hydrogens (tertiary/aromatic N) is 1. The fraction of sp³-hybridized carbons (Fsp3) is 0.286. The Hall–Kier alpha value is -3.28. The zero-order chi connectivity index (χ0) is 23.3. The number of hydrogen-bond acceptors (Lipinski definition) is 7. The van der Waals surface area contributed by atoms with E-state index in [9.17, 15) is 22.8 Å². The van der Waals surface area contributed by atoms with Gasteiger partial charge in [0.15, 0.2) is 6.10 Å². The minimum atomic E-state index is -3.68. The van der Waals surface area contributed by atoms with E-state index in [-0.39, 0.29) is 23.5 Å². The SMILES string of the molecule is CC(OC(=O)c1ccc(S(=O)(=O)N2CCOCC2)cc1)C(=O)Nc1ccc(C(N)=O)cc1. The maximum atomic E-state index is 12.6. The summed E-state index contributed by atoms with van der Waals surface area (Å²) < 4.78 is 37.0. The van der Waals surface area contributed by atoms with Gasteiger partial charge in [-0.15, -0.1) is 0 Å². The van der Waals surface area contributed by atoms with Crippen LogP contribution in [-0.4, -0.2) is 62.9 Å². The summed E-state index contributed by atoms with van der Waals surface area (Å²) in [7, 11) is -3.68. The van der Waals surface area contributed by atoms with Crippen molar-refractivity contribution in [3.05, 3.63) is 59.7 Å². The number of sulfonamides is 1. The summed E-state index contributed by atoms with van der Waals surface area (Å²) in [5, 5.41) is 2.57. The lowest BCUT2D eigenvalue weighted by Crippen LogP contribution is -2.40. The Balaban J connectivity index is 1.59. The molecule has 1 unspecified atom stereocenters. The fourth-order valence-corrected chi connectivity index (χ4v) is 4.35. The first kappa shape index (κ1) is 23.4. The third-order valence-electron chi connectivity index (χ3n) is 4.79. The largest absolute Gasteiger partial charge is 0.449 e. The van der Waals surface area contributed by atoms with E-state index in [1.54, 1.807) is 0 Å². The average Bonchev–Trinajstić information content (AvgIpc) is 2.80. The van der Waals surface area contributed by atoms with Crippen LogP contribution in [-0.2, 0) is 24.3 Å². The first-order chi connectivity index (χ1) is 15.2. The van der Waals surface area contributed by atoms with Crippen LogP contribution in [0.5, 0.6) is 0 Å². The van der Waals surface area contributed by atoms with E-state index < -0.39 is 33.9 Å². The normalized spacial score (nSPS) is 15.5. The number of anilines is 1. The van der Waals surface area contributed by atoms with E-state index in [0.29, 0.717) is 24.5 Å². The molecule has 2 aromatic rings. The summed E-state index contributed by atoms with van der Waals surface area (Å²) in [5.74, 6) is -1.93. The van der Waals surface area contributed by atoms with Crippen molar-refractivity contribution in [3.63, 3.8) is 0 Å². The van der Waals surface area contributed by atoms with Crippen molar-refractivity contribution in [2.75, 3.05) is 31.6 Å². The van der Waals surface area contributed by atoms with Gasteiger partial charge in [0.05, 0.1) is 23.7 Å². The number of nitrogens with two attached hydrogens (primary N) is 1. The van der Waals surface area contributed by atoms with E-state index >= 15 is 0 Å². The monoisotopic (exact) mass is 461 g/mol. The second-order valence-corrected chi connectivity index (χ2v) is 8.96. The van der Waals surface area contributed by atoms with Crippen molar-refractivity contribution < 1.29 is 32.3 Å². The Bertz CT molecular complexity index is 1090. The van der Waals surface area contributed by atoms with Crippen LogP contribution in [0.15, 0.2) is 53.4 Å². The van der Waals surface area contributed by atoms with E-state index in [2.05, 4.69) is 5.32 Å². The van der Waals surface area contributed by atoms with Crippen molar-refractivity contribution in [1.29, 1.82) is 0 Å². The number of primary amides is 1. The van der Waals surface area contributed by atoms with E-state index in [0.717, 1.165) is 0 Å². The molecule has 1 atom stereocenters. The Kier molecular flexibility index (Phi) is 7.23. The lowest BCUT2D eigenvalue weighted by molar-refractivity contribution is -0.123. The minimum absolute atomic E-state index is 0.0566. The van der Waals surface area contributed by atoms with E-state index in [4.69, 9.17) is 15.2 Å². The Morgan fingerprint density at radius 1 is 1.00 bits per heavy atom. The van der Waals surface area contributed by atoms with E-state index in [1.165, 1.54) is 59.8 Å². The Labute approximate surface area is 185 Å². The third-order valence-corrected chi connectivity index (χ3v) is 6.70. The molecule has 1 fully saturated rings. The molecule has 1 heterocycles. The number of esters is 1. The van der Waals surface area contributed by atoms with Crippen LogP contribution in [0.1, 0.15) is 27.6 Å². The van der Waals surface area contributed by atoms with Crippen LogP contribution >= 0.6 is 0 Å². The zero-order valence-corrected chi connectivity index (χ0v) is 18.1. The predicted molar refractivity (Wildman–Crippen MR) is 114 cm³/mol. The molecule has 11 heteroatoms. The maximum Gasteiger partial charge on any atom is 0.338 e. The quantitative estimate of drug-likeness (QED) is 0.585. The molecule has 2 aromatic carbocycles. The summed E-state index contributed by atoms with van der Waals surface area (Å²) in [5.41, 5.74) is 5.97. The standard InChI is InChI=1S/C21H23N3O7S/c1-14(20(26)23-17-6-2-15(3-7-17)19(22)25)31-21(27)16-4-8-18(9-5-16)32(28,29)24-10-12-30-13-11-24/h2-9,14H,10-13H2,1H3,(H2,22,25)(H,23,26). The molecule has 0 saturated carbocycles. The number of carbonyl (C=O) groups excluding carboxylic acids is 3.